The lowest BCUT2D eigenvalue weighted by atomic mass is 10.2. The van der Waals surface area contributed by atoms with Crippen LogP contribution in [0.25, 0.3) is 0 Å². The maximum atomic E-state index is 11.7. The molecule has 0 spiro atoms. The number of hydrogen-bond acceptors (Lipinski definition) is 5. The van der Waals surface area contributed by atoms with Crippen LogP contribution in [-0.4, -0.2) is 34.3 Å². The standard InChI is InChI=1S/C14H18N4O3/c1-3-20-14-16-13(17-18-14)15-12(19)8-9-21-11-6-4-10(2)5-7-11/h4-7H,3,8-9H2,1-2H3,(H2,15,16,17,18,19). The van der Waals surface area contributed by atoms with Crippen LogP contribution in [0.4, 0.5) is 5.95 Å². The van der Waals surface area contributed by atoms with Gasteiger partial charge in [0, 0.05) is 0 Å². The summed E-state index contributed by atoms with van der Waals surface area (Å²) in [5.41, 5.74) is 1.16. The zero-order chi connectivity index (χ0) is 15.1. The minimum Gasteiger partial charge on any atom is -0.493 e. The van der Waals surface area contributed by atoms with Gasteiger partial charge in [-0.05, 0) is 26.0 Å². The lowest BCUT2D eigenvalue weighted by molar-refractivity contribution is -0.116. The Balaban J connectivity index is 1.72. The zero-order valence-electron chi connectivity index (χ0n) is 12.0. The van der Waals surface area contributed by atoms with Crippen molar-refractivity contribution in [2.75, 3.05) is 18.5 Å². The van der Waals surface area contributed by atoms with Gasteiger partial charge in [-0.15, -0.1) is 5.10 Å². The van der Waals surface area contributed by atoms with Crippen LogP contribution in [-0.2, 0) is 4.79 Å². The third kappa shape index (κ3) is 4.79. The molecule has 0 bridgehead atoms. The average Bonchev–Trinajstić information content (AvgIpc) is 2.89. The van der Waals surface area contributed by atoms with Crippen LogP contribution < -0.4 is 14.8 Å². The molecule has 0 fully saturated rings. The molecule has 0 saturated carbocycles. The topological polar surface area (TPSA) is 89.1 Å². The van der Waals surface area contributed by atoms with Crippen molar-refractivity contribution in [1.29, 1.82) is 0 Å². The number of aryl methyl sites for hydroxylation is 1. The highest BCUT2D eigenvalue weighted by molar-refractivity contribution is 5.88. The van der Waals surface area contributed by atoms with Crippen LogP contribution in [0, 0.1) is 6.92 Å². The third-order valence-electron chi connectivity index (χ3n) is 2.61. The Kier molecular flexibility index (Phi) is 5.14. The van der Waals surface area contributed by atoms with E-state index >= 15 is 0 Å². The van der Waals surface area contributed by atoms with E-state index in [9.17, 15) is 4.79 Å². The van der Waals surface area contributed by atoms with Crippen molar-refractivity contribution in [3.63, 3.8) is 0 Å². The second kappa shape index (κ2) is 7.28. The normalized spacial score (nSPS) is 10.2. The first-order valence-corrected chi connectivity index (χ1v) is 6.72. The number of nitrogens with zero attached hydrogens (tertiary/aromatic N) is 2. The van der Waals surface area contributed by atoms with E-state index in [1.807, 2.05) is 38.1 Å². The van der Waals surface area contributed by atoms with Gasteiger partial charge in [-0.3, -0.25) is 10.1 Å². The highest BCUT2D eigenvalue weighted by atomic mass is 16.5. The molecule has 2 rings (SSSR count). The molecule has 112 valence electrons. The van der Waals surface area contributed by atoms with Gasteiger partial charge in [-0.25, -0.2) is 5.10 Å². The van der Waals surface area contributed by atoms with E-state index in [1.54, 1.807) is 0 Å². The Morgan fingerprint density at radius 3 is 2.76 bits per heavy atom. The number of benzene rings is 1. The molecule has 0 unspecified atom stereocenters. The molecule has 1 heterocycles. The highest BCUT2D eigenvalue weighted by Crippen LogP contribution is 2.11. The summed E-state index contributed by atoms with van der Waals surface area (Å²) in [5, 5.41) is 8.96. The van der Waals surface area contributed by atoms with E-state index in [2.05, 4.69) is 20.5 Å². The van der Waals surface area contributed by atoms with Crippen molar-refractivity contribution in [2.45, 2.75) is 20.3 Å². The van der Waals surface area contributed by atoms with E-state index in [-0.39, 0.29) is 24.3 Å². The molecule has 0 atom stereocenters. The average molecular weight is 290 g/mol. The number of ether oxygens (including phenoxy) is 2. The first-order chi connectivity index (χ1) is 10.2. The second-order valence-electron chi connectivity index (χ2n) is 4.36. The fourth-order valence-electron chi connectivity index (χ4n) is 1.59. The van der Waals surface area contributed by atoms with E-state index in [1.165, 1.54) is 0 Å². The highest BCUT2D eigenvalue weighted by Gasteiger charge is 2.08. The molecule has 2 N–H and O–H groups in total. The Labute approximate surface area is 122 Å². The molecular formula is C14H18N4O3. The lowest BCUT2D eigenvalue weighted by Crippen LogP contribution is -2.16. The Morgan fingerprint density at radius 2 is 2.05 bits per heavy atom. The van der Waals surface area contributed by atoms with Gasteiger partial charge >= 0.3 is 6.01 Å². The van der Waals surface area contributed by atoms with Crippen molar-refractivity contribution < 1.29 is 14.3 Å². The first kappa shape index (κ1) is 14.8. The van der Waals surface area contributed by atoms with Crippen LogP contribution in [0.5, 0.6) is 11.8 Å². The molecule has 1 aromatic heterocycles. The van der Waals surface area contributed by atoms with Gasteiger partial charge in [-0.2, -0.15) is 4.98 Å². The predicted molar refractivity (Wildman–Crippen MR) is 77.5 cm³/mol. The van der Waals surface area contributed by atoms with E-state index in [0.717, 1.165) is 11.3 Å². The molecular weight excluding hydrogens is 272 g/mol. The summed E-state index contributed by atoms with van der Waals surface area (Å²) >= 11 is 0. The Morgan fingerprint density at radius 1 is 1.29 bits per heavy atom. The predicted octanol–water partition coefficient (Wildman–Crippen LogP) is 1.92. The lowest BCUT2D eigenvalue weighted by Gasteiger charge is -2.06. The molecule has 21 heavy (non-hydrogen) atoms. The number of hydrogen-bond donors (Lipinski definition) is 2. The first-order valence-electron chi connectivity index (χ1n) is 6.72. The summed E-state index contributed by atoms with van der Waals surface area (Å²) in [5.74, 6) is 0.798. The van der Waals surface area contributed by atoms with Gasteiger partial charge in [-0.1, -0.05) is 17.7 Å². The van der Waals surface area contributed by atoms with E-state index < -0.39 is 0 Å². The molecule has 7 heteroatoms. The number of rotatable bonds is 7. The van der Waals surface area contributed by atoms with Crippen LogP contribution in [0.1, 0.15) is 18.9 Å². The van der Waals surface area contributed by atoms with Crippen molar-refractivity contribution >= 4 is 11.9 Å². The van der Waals surface area contributed by atoms with Gasteiger partial charge < -0.3 is 9.47 Å². The number of carbonyl (C=O) groups is 1. The molecule has 0 radical (unpaired) electrons. The summed E-state index contributed by atoms with van der Waals surface area (Å²) in [7, 11) is 0. The minimum atomic E-state index is -0.207. The van der Waals surface area contributed by atoms with Crippen LogP contribution in [0.2, 0.25) is 0 Å². The molecule has 1 aromatic carbocycles. The van der Waals surface area contributed by atoms with Gasteiger partial charge in [0.25, 0.3) is 0 Å². The molecule has 1 amide bonds. The summed E-state index contributed by atoms with van der Waals surface area (Å²) in [6, 6.07) is 7.87. The summed E-state index contributed by atoms with van der Waals surface area (Å²) in [6.45, 7) is 4.60. The minimum absolute atomic E-state index is 0.207. The number of aromatic nitrogens is 3. The number of nitrogens with one attached hydrogen (secondary N) is 2. The number of aromatic amines is 1. The van der Waals surface area contributed by atoms with Gasteiger partial charge in [0.1, 0.15) is 5.75 Å². The fraction of sp³-hybridized carbons (Fsp3) is 0.357. The monoisotopic (exact) mass is 290 g/mol. The third-order valence-corrected chi connectivity index (χ3v) is 2.61. The molecule has 0 aliphatic rings. The number of H-pyrrole nitrogens is 1. The summed E-state index contributed by atoms with van der Waals surface area (Å²) < 4.78 is 10.6. The zero-order valence-corrected chi connectivity index (χ0v) is 12.0. The maximum Gasteiger partial charge on any atom is 0.337 e. The van der Waals surface area contributed by atoms with Crippen LogP contribution in [0.15, 0.2) is 24.3 Å². The van der Waals surface area contributed by atoms with E-state index in [0.29, 0.717) is 13.2 Å². The second-order valence-corrected chi connectivity index (χ2v) is 4.36. The SMILES string of the molecule is CCOc1n[nH]c(NC(=O)CCOc2ccc(C)cc2)n1. The van der Waals surface area contributed by atoms with Gasteiger partial charge in [0.2, 0.25) is 11.9 Å². The molecule has 0 aliphatic carbocycles. The van der Waals surface area contributed by atoms with Crippen molar-refractivity contribution in [2.24, 2.45) is 0 Å². The van der Waals surface area contributed by atoms with Crippen LogP contribution in [0.3, 0.4) is 0 Å². The van der Waals surface area contributed by atoms with E-state index in [4.69, 9.17) is 9.47 Å². The van der Waals surface area contributed by atoms with Crippen molar-refractivity contribution in [3.05, 3.63) is 29.8 Å². The number of carbonyl (C=O) groups excluding carboxylic acids is 1. The largest absolute Gasteiger partial charge is 0.493 e. The Hall–Kier alpha value is -2.57. The smallest absolute Gasteiger partial charge is 0.337 e. The number of anilines is 1. The van der Waals surface area contributed by atoms with Crippen molar-refractivity contribution in [1.82, 2.24) is 15.2 Å². The number of amides is 1. The van der Waals surface area contributed by atoms with Gasteiger partial charge in [0.15, 0.2) is 0 Å². The fourth-order valence-corrected chi connectivity index (χ4v) is 1.59. The maximum absolute atomic E-state index is 11.7. The Bertz CT molecular complexity index is 580. The summed E-state index contributed by atoms with van der Waals surface area (Å²) in [4.78, 5) is 15.7. The van der Waals surface area contributed by atoms with Gasteiger partial charge in [0.05, 0.1) is 19.6 Å². The molecule has 0 saturated heterocycles. The van der Waals surface area contributed by atoms with Crippen molar-refractivity contribution in [3.8, 4) is 11.8 Å². The van der Waals surface area contributed by atoms with Crippen LogP contribution >= 0.6 is 0 Å². The molecule has 0 aliphatic heterocycles. The summed E-state index contributed by atoms with van der Waals surface area (Å²) in [6.07, 6.45) is 0.221. The molecule has 7 nitrogen and oxygen atoms in total. The quantitative estimate of drug-likeness (QED) is 0.813. The molecule has 2 aromatic rings.